The summed E-state index contributed by atoms with van der Waals surface area (Å²) in [5.74, 6) is 2.65. The summed E-state index contributed by atoms with van der Waals surface area (Å²) in [6.07, 6.45) is 0. The van der Waals surface area contributed by atoms with E-state index >= 15 is 0 Å². The predicted octanol–water partition coefficient (Wildman–Crippen LogP) is -4.78. The van der Waals surface area contributed by atoms with Crippen LogP contribution in [0, 0.1) is 0 Å². The highest BCUT2D eigenvalue weighted by molar-refractivity contribution is 4.77. The molecule has 0 heterocycles. The largest absolute Gasteiger partial charge is 0.300 e. The van der Waals surface area contributed by atoms with Gasteiger partial charge in [0.05, 0.1) is 13.1 Å². The maximum absolute atomic E-state index is 5.40. The summed E-state index contributed by atoms with van der Waals surface area (Å²) in [7, 11) is 0. The molecule has 0 radical (unpaired) electrons. The third-order valence-corrected chi connectivity index (χ3v) is 0.954. The monoisotopic (exact) mass is 178 g/mol. The molecule has 0 aromatic heterocycles. The van der Waals surface area contributed by atoms with Gasteiger partial charge in [0.15, 0.2) is 0 Å². The standard InChI is InChI=1S/C4H18N8/c5-3(6,7)1-12(11)2-4(8,9)10/h1-2,5-11H2. The van der Waals surface area contributed by atoms with Gasteiger partial charge in [-0.05, 0) is 0 Å². The molecular formula is C4H18N8. The second-order valence-electron chi connectivity index (χ2n) is 3.13. The highest BCUT2D eigenvalue weighted by Crippen LogP contribution is 1.87. The summed E-state index contributed by atoms with van der Waals surface area (Å²) in [4.78, 5) is 0. The van der Waals surface area contributed by atoms with E-state index in [-0.39, 0.29) is 13.1 Å². The van der Waals surface area contributed by atoms with E-state index in [1.54, 1.807) is 0 Å². The molecule has 0 saturated heterocycles. The Morgan fingerprint density at radius 3 is 1.17 bits per heavy atom. The number of nitrogens with zero attached hydrogens (tertiary/aromatic N) is 1. The quantitative estimate of drug-likeness (QED) is 0.127. The Kier molecular flexibility index (Phi) is 3.50. The number of hydrazine groups is 1. The number of rotatable bonds is 4. The van der Waals surface area contributed by atoms with E-state index in [0.717, 1.165) is 0 Å². The molecule has 8 heteroatoms. The summed E-state index contributed by atoms with van der Waals surface area (Å²) >= 11 is 0. The second kappa shape index (κ2) is 3.60. The lowest BCUT2D eigenvalue weighted by atomic mass is 10.3. The van der Waals surface area contributed by atoms with E-state index in [9.17, 15) is 0 Å². The first kappa shape index (κ1) is 11.7. The van der Waals surface area contributed by atoms with Crippen molar-refractivity contribution < 1.29 is 0 Å². The van der Waals surface area contributed by atoms with Crippen LogP contribution in [0.15, 0.2) is 0 Å². The Morgan fingerprint density at radius 2 is 1.00 bits per heavy atom. The van der Waals surface area contributed by atoms with Crippen molar-refractivity contribution in [1.29, 1.82) is 0 Å². The summed E-state index contributed by atoms with van der Waals surface area (Å²) in [6.45, 7) is 0.0840. The van der Waals surface area contributed by atoms with Crippen LogP contribution in [-0.4, -0.2) is 29.7 Å². The Bertz CT molecular complexity index is 115. The molecule has 74 valence electrons. The Hall–Kier alpha value is -0.320. The zero-order chi connectivity index (χ0) is 9.99. The third kappa shape index (κ3) is 7.78. The van der Waals surface area contributed by atoms with Crippen LogP contribution in [0.3, 0.4) is 0 Å². The molecular weight excluding hydrogens is 160 g/mol. The number of hydrogen-bond donors (Lipinski definition) is 7. The fourth-order valence-electron chi connectivity index (χ4n) is 0.759. The first-order chi connectivity index (χ1) is 5.10. The minimum absolute atomic E-state index is 0.0420. The number of hydrogen-bond acceptors (Lipinski definition) is 8. The maximum atomic E-state index is 5.40. The first-order valence-electron chi connectivity index (χ1n) is 3.33. The lowest BCUT2D eigenvalue weighted by Crippen LogP contribution is -2.70. The number of nitrogens with two attached hydrogens (primary N) is 7. The van der Waals surface area contributed by atoms with E-state index in [1.807, 2.05) is 0 Å². The van der Waals surface area contributed by atoms with Gasteiger partial charge in [-0.2, -0.15) is 0 Å². The van der Waals surface area contributed by atoms with Gasteiger partial charge in [-0.25, -0.2) is 5.01 Å². The maximum Gasteiger partial charge on any atom is 0.130 e. The fraction of sp³-hybridized carbons (Fsp3) is 1.00. The van der Waals surface area contributed by atoms with Gasteiger partial charge >= 0.3 is 0 Å². The molecule has 0 saturated carbocycles. The smallest absolute Gasteiger partial charge is 0.130 e. The molecule has 0 aliphatic heterocycles. The van der Waals surface area contributed by atoms with Gasteiger partial charge in [0.2, 0.25) is 0 Å². The van der Waals surface area contributed by atoms with Gasteiger partial charge in [-0.3, -0.25) is 5.84 Å². The van der Waals surface area contributed by atoms with Crippen molar-refractivity contribution in [3.8, 4) is 0 Å². The van der Waals surface area contributed by atoms with Crippen LogP contribution in [0.1, 0.15) is 0 Å². The Morgan fingerprint density at radius 1 is 0.750 bits per heavy atom. The van der Waals surface area contributed by atoms with Crippen molar-refractivity contribution in [2.75, 3.05) is 13.1 Å². The molecule has 0 aromatic carbocycles. The fourth-order valence-corrected chi connectivity index (χ4v) is 0.759. The van der Waals surface area contributed by atoms with Gasteiger partial charge in [0.1, 0.15) is 11.6 Å². The molecule has 0 rings (SSSR count). The Labute approximate surface area is 70.9 Å². The molecule has 0 atom stereocenters. The van der Waals surface area contributed by atoms with Gasteiger partial charge < -0.3 is 34.4 Å². The summed E-state index contributed by atoms with van der Waals surface area (Å²) in [6, 6.07) is 0. The molecule has 0 aliphatic rings. The second-order valence-corrected chi connectivity index (χ2v) is 3.13. The van der Waals surface area contributed by atoms with Crippen LogP contribution in [0.4, 0.5) is 0 Å². The summed E-state index contributed by atoms with van der Waals surface area (Å²) in [5.41, 5.74) is 31.6. The van der Waals surface area contributed by atoms with Crippen molar-refractivity contribution in [3.63, 3.8) is 0 Å². The highest BCUT2D eigenvalue weighted by Gasteiger charge is 2.20. The molecule has 0 unspecified atom stereocenters. The molecule has 12 heavy (non-hydrogen) atoms. The summed E-state index contributed by atoms with van der Waals surface area (Å²) in [5, 5.41) is 1.17. The molecule has 0 aliphatic carbocycles. The molecule has 8 nitrogen and oxygen atoms in total. The SMILES string of the molecule is NN(CC(N)(N)N)CC(N)(N)N. The zero-order valence-electron chi connectivity index (χ0n) is 6.90. The minimum atomic E-state index is -1.38. The first-order valence-corrected chi connectivity index (χ1v) is 3.33. The normalized spacial score (nSPS) is 14.0. The lowest BCUT2D eigenvalue weighted by Gasteiger charge is -2.30. The van der Waals surface area contributed by atoms with Crippen molar-refractivity contribution in [1.82, 2.24) is 5.01 Å². The van der Waals surface area contributed by atoms with E-state index in [2.05, 4.69) is 0 Å². The highest BCUT2D eigenvalue weighted by atomic mass is 15.5. The van der Waals surface area contributed by atoms with Crippen LogP contribution in [-0.2, 0) is 0 Å². The van der Waals surface area contributed by atoms with Crippen LogP contribution in [0.5, 0.6) is 0 Å². The van der Waals surface area contributed by atoms with Crippen molar-refractivity contribution in [2.45, 2.75) is 11.6 Å². The van der Waals surface area contributed by atoms with Crippen LogP contribution in [0.25, 0.3) is 0 Å². The van der Waals surface area contributed by atoms with Gasteiger partial charge in [-0.1, -0.05) is 0 Å². The van der Waals surface area contributed by atoms with Crippen molar-refractivity contribution in [2.24, 2.45) is 40.2 Å². The molecule has 0 spiro atoms. The average Bonchev–Trinajstić information content (AvgIpc) is 1.49. The lowest BCUT2D eigenvalue weighted by molar-refractivity contribution is 0.176. The van der Waals surface area contributed by atoms with Gasteiger partial charge in [0.25, 0.3) is 0 Å². The molecule has 0 fully saturated rings. The van der Waals surface area contributed by atoms with E-state index in [1.165, 1.54) is 5.01 Å². The van der Waals surface area contributed by atoms with E-state index in [4.69, 9.17) is 40.2 Å². The zero-order valence-corrected chi connectivity index (χ0v) is 6.90. The summed E-state index contributed by atoms with van der Waals surface area (Å²) < 4.78 is 0. The molecule has 14 N–H and O–H groups in total. The predicted molar refractivity (Wildman–Crippen MR) is 46.3 cm³/mol. The van der Waals surface area contributed by atoms with Gasteiger partial charge in [0, 0.05) is 0 Å². The van der Waals surface area contributed by atoms with Crippen molar-refractivity contribution >= 4 is 0 Å². The average molecular weight is 178 g/mol. The molecule has 0 aromatic rings. The molecule has 0 amide bonds. The topological polar surface area (TPSA) is 185 Å². The van der Waals surface area contributed by atoms with E-state index < -0.39 is 11.6 Å². The van der Waals surface area contributed by atoms with Crippen LogP contribution >= 0.6 is 0 Å². The minimum Gasteiger partial charge on any atom is -0.300 e. The van der Waals surface area contributed by atoms with Gasteiger partial charge in [-0.15, -0.1) is 0 Å². The van der Waals surface area contributed by atoms with Crippen molar-refractivity contribution in [3.05, 3.63) is 0 Å². The van der Waals surface area contributed by atoms with E-state index in [0.29, 0.717) is 0 Å². The third-order valence-electron chi connectivity index (χ3n) is 0.954. The Balaban J connectivity index is 3.83. The molecule has 0 bridgehead atoms. The van der Waals surface area contributed by atoms with Crippen LogP contribution in [0.2, 0.25) is 0 Å². The van der Waals surface area contributed by atoms with Crippen LogP contribution < -0.4 is 40.2 Å².